The van der Waals surface area contributed by atoms with Gasteiger partial charge in [-0.1, -0.05) is 35.8 Å². The summed E-state index contributed by atoms with van der Waals surface area (Å²) >= 11 is 0. The second-order valence-corrected chi connectivity index (χ2v) is 4.51. The van der Waals surface area contributed by atoms with Crippen LogP contribution in [-0.4, -0.2) is 10.9 Å². The number of benzene rings is 1. The van der Waals surface area contributed by atoms with E-state index in [0.29, 0.717) is 24.1 Å². The second-order valence-electron chi connectivity index (χ2n) is 4.51. The van der Waals surface area contributed by atoms with Gasteiger partial charge >= 0.3 is 0 Å². The molecule has 1 saturated carbocycles. The number of azide groups is 1. The third-order valence-corrected chi connectivity index (χ3v) is 3.39. The van der Waals surface area contributed by atoms with Gasteiger partial charge in [-0.2, -0.15) is 0 Å². The Bertz CT molecular complexity index is 495. The van der Waals surface area contributed by atoms with Gasteiger partial charge in [-0.3, -0.25) is 4.79 Å². The van der Waals surface area contributed by atoms with Crippen molar-refractivity contribution in [3.8, 4) is 0 Å². The van der Waals surface area contributed by atoms with Crippen molar-refractivity contribution in [2.24, 2.45) is 11.0 Å². The maximum Gasteiger partial charge on any atom is 0.138 e. The van der Waals surface area contributed by atoms with Crippen LogP contribution in [0, 0.1) is 5.92 Å². The highest BCUT2D eigenvalue weighted by Gasteiger charge is 2.30. The van der Waals surface area contributed by atoms with E-state index >= 15 is 0 Å². The van der Waals surface area contributed by atoms with E-state index in [-0.39, 0.29) is 11.7 Å². The zero-order valence-corrected chi connectivity index (χ0v) is 9.99. The molecule has 5 heteroatoms. The number of nitrogens with zero attached hydrogens (tertiary/aromatic N) is 3. The third kappa shape index (κ3) is 2.53. The molecule has 1 aliphatic rings. The van der Waals surface area contributed by atoms with Crippen molar-refractivity contribution in [3.05, 3.63) is 40.3 Å². The Balaban J connectivity index is 2.30. The van der Waals surface area contributed by atoms with Gasteiger partial charge < -0.3 is 5.11 Å². The number of Topliss-reactive ketones (excluding diaryl/α,β-unsaturated/α-hetero) is 1. The summed E-state index contributed by atoms with van der Waals surface area (Å²) < 4.78 is 0. The molecule has 2 atom stereocenters. The van der Waals surface area contributed by atoms with Crippen LogP contribution in [-0.2, 0) is 4.79 Å². The monoisotopic (exact) mass is 245 g/mol. The van der Waals surface area contributed by atoms with Crippen molar-refractivity contribution in [3.63, 3.8) is 0 Å². The summed E-state index contributed by atoms with van der Waals surface area (Å²) in [4.78, 5) is 14.6. The Morgan fingerprint density at radius 1 is 1.39 bits per heavy atom. The van der Waals surface area contributed by atoms with Crippen molar-refractivity contribution in [1.29, 1.82) is 0 Å². The molecule has 94 valence electrons. The lowest BCUT2D eigenvalue weighted by Gasteiger charge is -2.26. The van der Waals surface area contributed by atoms with Crippen molar-refractivity contribution < 1.29 is 9.90 Å². The highest BCUT2D eigenvalue weighted by Crippen LogP contribution is 2.36. The molecule has 0 saturated heterocycles. The number of ketones is 1. The SMILES string of the molecule is [N-]=[N+]=Nc1ccccc1[C@H](O)[C@@H]1CCCCC1=O. The van der Waals surface area contributed by atoms with Crippen LogP contribution in [0.4, 0.5) is 5.69 Å². The predicted octanol–water partition coefficient (Wildman–Crippen LogP) is 3.42. The van der Waals surface area contributed by atoms with Gasteiger partial charge in [0.25, 0.3) is 0 Å². The number of carbonyl (C=O) groups is 1. The molecule has 0 amide bonds. The predicted molar refractivity (Wildman–Crippen MR) is 67.2 cm³/mol. The molecular weight excluding hydrogens is 230 g/mol. The van der Waals surface area contributed by atoms with Gasteiger partial charge in [0.05, 0.1) is 6.10 Å². The molecule has 5 nitrogen and oxygen atoms in total. The maximum absolute atomic E-state index is 11.8. The molecule has 1 aliphatic carbocycles. The number of carbonyl (C=O) groups excluding carboxylic acids is 1. The molecule has 1 aromatic carbocycles. The average Bonchev–Trinajstić information content (AvgIpc) is 2.40. The fraction of sp³-hybridized carbons (Fsp3) is 0.462. The molecule has 18 heavy (non-hydrogen) atoms. The summed E-state index contributed by atoms with van der Waals surface area (Å²) in [6.45, 7) is 0. The van der Waals surface area contributed by atoms with Crippen molar-refractivity contribution in [2.75, 3.05) is 0 Å². The summed E-state index contributed by atoms with van der Waals surface area (Å²) in [7, 11) is 0. The zero-order valence-electron chi connectivity index (χ0n) is 9.99. The fourth-order valence-electron chi connectivity index (χ4n) is 2.44. The molecule has 0 aliphatic heterocycles. The van der Waals surface area contributed by atoms with Crippen LogP contribution in [0.15, 0.2) is 29.4 Å². The topological polar surface area (TPSA) is 86.1 Å². The van der Waals surface area contributed by atoms with E-state index in [4.69, 9.17) is 5.53 Å². The van der Waals surface area contributed by atoms with Gasteiger partial charge in [-0.25, -0.2) is 0 Å². The zero-order chi connectivity index (χ0) is 13.0. The van der Waals surface area contributed by atoms with Crippen molar-refractivity contribution in [1.82, 2.24) is 0 Å². The van der Waals surface area contributed by atoms with E-state index in [1.165, 1.54) is 0 Å². The molecule has 0 unspecified atom stereocenters. The molecule has 0 aromatic heterocycles. The standard InChI is InChI=1S/C13H15N3O2/c14-16-15-11-7-3-1-5-9(11)13(18)10-6-2-4-8-12(10)17/h1,3,5,7,10,13,18H,2,4,6,8H2/t10-,13+/m1/s1. The molecule has 0 spiro atoms. The van der Waals surface area contributed by atoms with Gasteiger partial charge in [0.2, 0.25) is 0 Å². The van der Waals surface area contributed by atoms with Crippen LogP contribution in [0.3, 0.4) is 0 Å². The Labute approximate surface area is 105 Å². The summed E-state index contributed by atoms with van der Waals surface area (Å²) in [5.41, 5.74) is 9.43. The van der Waals surface area contributed by atoms with Crippen LogP contribution in [0.1, 0.15) is 37.4 Å². The molecule has 1 fully saturated rings. The molecule has 0 bridgehead atoms. The van der Waals surface area contributed by atoms with Gasteiger partial charge in [0, 0.05) is 22.9 Å². The molecule has 1 aromatic rings. The van der Waals surface area contributed by atoms with Crippen LogP contribution < -0.4 is 0 Å². The summed E-state index contributed by atoms with van der Waals surface area (Å²) in [6.07, 6.45) is 2.22. The molecule has 0 radical (unpaired) electrons. The average molecular weight is 245 g/mol. The number of hydrogen-bond acceptors (Lipinski definition) is 3. The number of aliphatic hydroxyl groups is 1. The lowest BCUT2D eigenvalue weighted by molar-refractivity contribution is -0.128. The van der Waals surface area contributed by atoms with Gasteiger partial charge in [-0.15, -0.1) is 0 Å². The molecule has 0 heterocycles. The van der Waals surface area contributed by atoms with Crippen LogP contribution >= 0.6 is 0 Å². The normalized spacial score (nSPS) is 21.2. The highest BCUT2D eigenvalue weighted by atomic mass is 16.3. The van der Waals surface area contributed by atoms with E-state index in [1.54, 1.807) is 24.3 Å². The Morgan fingerprint density at radius 2 is 2.17 bits per heavy atom. The quantitative estimate of drug-likeness (QED) is 0.502. The summed E-state index contributed by atoms with van der Waals surface area (Å²) in [5, 5.41) is 13.9. The first-order valence-electron chi connectivity index (χ1n) is 6.09. The number of aliphatic hydroxyl groups excluding tert-OH is 1. The maximum atomic E-state index is 11.8. The molecule has 2 rings (SSSR count). The van der Waals surface area contributed by atoms with Crippen molar-refractivity contribution in [2.45, 2.75) is 31.8 Å². The third-order valence-electron chi connectivity index (χ3n) is 3.39. The van der Waals surface area contributed by atoms with E-state index in [1.807, 2.05) is 0 Å². The number of rotatable bonds is 3. The van der Waals surface area contributed by atoms with Crippen LogP contribution in [0.25, 0.3) is 10.4 Å². The Hall–Kier alpha value is -1.84. The van der Waals surface area contributed by atoms with Gasteiger partial charge in [0.15, 0.2) is 0 Å². The van der Waals surface area contributed by atoms with E-state index < -0.39 is 6.10 Å². The second kappa shape index (κ2) is 5.67. The van der Waals surface area contributed by atoms with E-state index in [2.05, 4.69) is 10.0 Å². The van der Waals surface area contributed by atoms with Crippen LogP contribution in [0.5, 0.6) is 0 Å². The summed E-state index contributed by atoms with van der Waals surface area (Å²) in [6, 6.07) is 6.85. The summed E-state index contributed by atoms with van der Waals surface area (Å²) in [5.74, 6) is -0.265. The van der Waals surface area contributed by atoms with E-state index in [9.17, 15) is 9.90 Å². The minimum absolute atomic E-state index is 0.101. The highest BCUT2D eigenvalue weighted by molar-refractivity contribution is 5.82. The van der Waals surface area contributed by atoms with E-state index in [0.717, 1.165) is 12.8 Å². The largest absolute Gasteiger partial charge is 0.388 e. The van der Waals surface area contributed by atoms with Crippen molar-refractivity contribution >= 4 is 11.5 Å². The minimum Gasteiger partial charge on any atom is -0.388 e. The Kier molecular flexibility index (Phi) is 3.97. The molecular formula is C13H15N3O2. The Morgan fingerprint density at radius 3 is 2.89 bits per heavy atom. The fourth-order valence-corrected chi connectivity index (χ4v) is 2.44. The first-order valence-corrected chi connectivity index (χ1v) is 6.09. The smallest absolute Gasteiger partial charge is 0.138 e. The lowest BCUT2D eigenvalue weighted by atomic mass is 9.81. The van der Waals surface area contributed by atoms with Crippen LogP contribution in [0.2, 0.25) is 0 Å². The minimum atomic E-state index is -0.875. The lowest BCUT2D eigenvalue weighted by Crippen LogP contribution is -2.25. The molecule has 1 N–H and O–H groups in total. The van der Waals surface area contributed by atoms with Gasteiger partial charge in [-0.05, 0) is 23.9 Å². The van der Waals surface area contributed by atoms with Gasteiger partial charge in [0.1, 0.15) is 5.78 Å². The first kappa shape index (κ1) is 12.6. The number of hydrogen-bond donors (Lipinski definition) is 1. The first-order chi connectivity index (χ1) is 8.74.